The van der Waals surface area contributed by atoms with Crippen LogP contribution in [0.15, 0.2) is 60.8 Å². The minimum Gasteiger partial charge on any atom is -0.350 e. The van der Waals surface area contributed by atoms with Gasteiger partial charge >= 0.3 is 0 Å². The molecule has 0 spiro atoms. The van der Waals surface area contributed by atoms with Crippen LogP contribution in [0.4, 0.5) is 8.78 Å². The Morgan fingerprint density at radius 3 is 2.73 bits per heavy atom. The topological polar surface area (TPSA) is 8.17 Å². The summed E-state index contributed by atoms with van der Waals surface area (Å²) in [6, 6.07) is 16.4. The molecule has 0 aliphatic carbocycles. The van der Waals surface area contributed by atoms with Crippen LogP contribution in [-0.2, 0) is 13.1 Å². The van der Waals surface area contributed by atoms with Crippen LogP contribution >= 0.6 is 0 Å². The Balaban J connectivity index is 1.77. The fraction of sp³-hybridized carbons (Fsp3) is 0.273. The molecule has 0 N–H and O–H groups in total. The molecule has 134 valence electrons. The highest BCUT2D eigenvalue weighted by Crippen LogP contribution is 2.33. The first-order valence-corrected chi connectivity index (χ1v) is 9.01. The summed E-state index contributed by atoms with van der Waals surface area (Å²) in [6.07, 6.45) is 3.07. The molecule has 2 aromatic carbocycles. The van der Waals surface area contributed by atoms with Gasteiger partial charge in [0.1, 0.15) is 11.6 Å². The Morgan fingerprint density at radius 2 is 1.88 bits per heavy atom. The second kappa shape index (κ2) is 7.04. The Hall–Kier alpha value is -2.46. The molecule has 0 fully saturated rings. The largest absolute Gasteiger partial charge is 0.350 e. The predicted molar refractivity (Wildman–Crippen MR) is 98.8 cm³/mol. The van der Waals surface area contributed by atoms with Gasteiger partial charge in [-0.2, -0.15) is 0 Å². The lowest BCUT2D eigenvalue weighted by Gasteiger charge is -2.31. The molecule has 2 heterocycles. The van der Waals surface area contributed by atoms with E-state index in [1.54, 1.807) is 0 Å². The maximum absolute atomic E-state index is 14.3. The summed E-state index contributed by atoms with van der Waals surface area (Å²) < 4.78 is 30.2. The van der Waals surface area contributed by atoms with Crippen LogP contribution in [0.3, 0.4) is 0 Å². The quantitative estimate of drug-likeness (QED) is 0.639. The summed E-state index contributed by atoms with van der Waals surface area (Å²) in [4.78, 5) is 2.26. The second-order valence-electron chi connectivity index (χ2n) is 7.00. The number of hydrogen-bond donors (Lipinski definition) is 0. The van der Waals surface area contributed by atoms with Crippen molar-refractivity contribution in [1.29, 1.82) is 0 Å². The van der Waals surface area contributed by atoms with Crippen LogP contribution in [0.1, 0.15) is 34.8 Å². The smallest absolute Gasteiger partial charge is 0.127 e. The number of fused-ring (bicyclic) bond motifs is 1. The Bertz CT molecular complexity index is 916. The van der Waals surface area contributed by atoms with Gasteiger partial charge in [-0.3, -0.25) is 4.90 Å². The normalized spacial score (nSPS) is 17.7. The fourth-order valence-electron chi connectivity index (χ4n) is 3.91. The van der Waals surface area contributed by atoms with Crippen LogP contribution in [0.5, 0.6) is 0 Å². The van der Waals surface area contributed by atoms with E-state index in [-0.39, 0.29) is 11.9 Å². The van der Waals surface area contributed by atoms with Crippen LogP contribution in [-0.4, -0.2) is 16.0 Å². The molecule has 1 aliphatic heterocycles. The van der Waals surface area contributed by atoms with Crippen LogP contribution < -0.4 is 0 Å². The van der Waals surface area contributed by atoms with Crippen molar-refractivity contribution in [3.63, 3.8) is 0 Å². The molecule has 2 nitrogen and oxygen atoms in total. The van der Waals surface area contributed by atoms with Crippen LogP contribution in [0.2, 0.25) is 0 Å². The van der Waals surface area contributed by atoms with E-state index in [0.717, 1.165) is 19.5 Å². The van der Waals surface area contributed by atoms with Gasteiger partial charge in [0.2, 0.25) is 0 Å². The SMILES string of the molecule is Cc1cccc(C2c3cccn3CCCN2Cc2cc(F)ccc2F)c1. The number of benzene rings is 2. The minimum atomic E-state index is -0.397. The van der Waals surface area contributed by atoms with Gasteiger partial charge in [-0.05, 0) is 49.2 Å². The molecular formula is C22H22F2N2. The van der Waals surface area contributed by atoms with E-state index < -0.39 is 5.82 Å². The first-order valence-electron chi connectivity index (χ1n) is 9.01. The zero-order valence-corrected chi connectivity index (χ0v) is 14.8. The first-order chi connectivity index (χ1) is 12.6. The molecule has 1 atom stereocenters. The summed E-state index contributed by atoms with van der Waals surface area (Å²) in [6.45, 7) is 4.23. The molecule has 4 heteroatoms. The third-order valence-electron chi connectivity index (χ3n) is 5.09. The maximum Gasteiger partial charge on any atom is 0.127 e. The second-order valence-corrected chi connectivity index (χ2v) is 7.00. The molecule has 0 radical (unpaired) electrons. The first kappa shape index (κ1) is 17.0. The van der Waals surface area contributed by atoms with E-state index in [2.05, 4.69) is 59.0 Å². The van der Waals surface area contributed by atoms with E-state index in [1.165, 1.54) is 35.0 Å². The van der Waals surface area contributed by atoms with Crippen molar-refractivity contribution in [2.75, 3.05) is 6.54 Å². The molecule has 0 saturated carbocycles. The van der Waals surface area contributed by atoms with Crippen molar-refractivity contribution in [2.45, 2.75) is 32.5 Å². The van der Waals surface area contributed by atoms with E-state index >= 15 is 0 Å². The predicted octanol–water partition coefficient (Wildman–Crippen LogP) is 5.07. The summed E-state index contributed by atoms with van der Waals surface area (Å²) in [5.41, 5.74) is 3.98. The molecule has 1 aromatic heterocycles. The minimum absolute atomic E-state index is 0.0232. The van der Waals surface area contributed by atoms with E-state index in [0.29, 0.717) is 12.1 Å². The van der Waals surface area contributed by atoms with E-state index in [9.17, 15) is 8.78 Å². The molecular weight excluding hydrogens is 330 g/mol. The third kappa shape index (κ3) is 3.29. The maximum atomic E-state index is 14.3. The number of hydrogen-bond acceptors (Lipinski definition) is 1. The van der Waals surface area contributed by atoms with Gasteiger partial charge in [-0.15, -0.1) is 0 Å². The molecule has 0 bridgehead atoms. The zero-order valence-electron chi connectivity index (χ0n) is 14.8. The average molecular weight is 352 g/mol. The zero-order chi connectivity index (χ0) is 18.1. The third-order valence-corrected chi connectivity index (χ3v) is 5.09. The Labute approximate surface area is 152 Å². The standard InChI is InChI=1S/C22H22F2N2/c1-16-5-2-6-17(13-16)22-21-7-3-10-25(21)11-4-12-26(22)15-18-14-19(23)8-9-20(18)24/h2-3,5-10,13-14,22H,4,11-12,15H2,1H3. The fourth-order valence-corrected chi connectivity index (χ4v) is 3.91. The number of aromatic nitrogens is 1. The van der Waals surface area contributed by atoms with Crippen molar-refractivity contribution in [3.8, 4) is 0 Å². The summed E-state index contributed by atoms with van der Waals surface area (Å²) in [5.74, 6) is -0.749. The number of aryl methyl sites for hydroxylation is 2. The van der Waals surface area contributed by atoms with Crippen molar-refractivity contribution in [2.24, 2.45) is 0 Å². The molecule has 4 rings (SSSR count). The van der Waals surface area contributed by atoms with Crippen LogP contribution in [0, 0.1) is 18.6 Å². The van der Waals surface area contributed by atoms with Gasteiger partial charge < -0.3 is 4.57 Å². The van der Waals surface area contributed by atoms with Gasteiger partial charge in [-0.1, -0.05) is 29.8 Å². The highest BCUT2D eigenvalue weighted by Gasteiger charge is 2.28. The van der Waals surface area contributed by atoms with E-state index in [4.69, 9.17) is 0 Å². The van der Waals surface area contributed by atoms with Crippen molar-refractivity contribution >= 4 is 0 Å². The highest BCUT2D eigenvalue weighted by molar-refractivity contribution is 5.33. The average Bonchev–Trinajstić information content (AvgIpc) is 2.99. The van der Waals surface area contributed by atoms with Crippen LogP contribution in [0.25, 0.3) is 0 Å². The van der Waals surface area contributed by atoms with E-state index in [1.807, 2.05) is 0 Å². The van der Waals surface area contributed by atoms with Gasteiger partial charge in [0, 0.05) is 37.1 Å². The highest BCUT2D eigenvalue weighted by atomic mass is 19.1. The summed E-state index contributed by atoms with van der Waals surface area (Å²) in [5, 5.41) is 0. The molecule has 3 aromatic rings. The Morgan fingerprint density at radius 1 is 1.00 bits per heavy atom. The molecule has 1 unspecified atom stereocenters. The molecule has 26 heavy (non-hydrogen) atoms. The summed E-state index contributed by atoms with van der Waals surface area (Å²) in [7, 11) is 0. The van der Waals surface area contributed by atoms with Crippen molar-refractivity contribution in [1.82, 2.24) is 9.47 Å². The lowest BCUT2D eigenvalue weighted by atomic mass is 9.99. The lowest BCUT2D eigenvalue weighted by molar-refractivity contribution is 0.217. The van der Waals surface area contributed by atoms with Gasteiger partial charge in [0.15, 0.2) is 0 Å². The number of halogens is 2. The lowest BCUT2D eigenvalue weighted by Crippen LogP contribution is -2.30. The van der Waals surface area contributed by atoms with Crippen molar-refractivity contribution in [3.05, 3.63) is 94.8 Å². The Kier molecular flexibility index (Phi) is 4.60. The molecule has 0 saturated heterocycles. The van der Waals surface area contributed by atoms with Gasteiger partial charge in [0.05, 0.1) is 6.04 Å². The number of rotatable bonds is 3. The van der Waals surface area contributed by atoms with Crippen molar-refractivity contribution < 1.29 is 8.78 Å². The molecule has 0 amide bonds. The molecule has 1 aliphatic rings. The number of nitrogens with zero attached hydrogens (tertiary/aromatic N) is 2. The monoisotopic (exact) mass is 352 g/mol. The summed E-state index contributed by atoms with van der Waals surface area (Å²) >= 11 is 0. The van der Waals surface area contributed by atoms with Gasteiger partial charge in [-0.25, -0.2) is 8.78 Å². The van der Waals surface area contributed by atoms with Gasteiger partial charge in [0.25, 0.3) is 0 Å².